The molecule has 106 valence electrons. The lowest BCUT2D eigenvalue weighted by atomic mass is 9.97. The van der Waals surface area contributed by atoms with Gasteiger partial charge >= 0.3 is 5.97 Å². The van der Waals surface area contributed by atoms with Crippen LogP contribution in [0, 0.1) is 0 Å². The second-order valence-electron chi connectivity index (χ2n) is 5.01. The molecule has 0 saturated carbocycles. The van der Waals surface area contributed by atoms with Crippen molar-refractivity contribution in [1.29, 1.82) is 0 Å². The van der Waals surface area contributed by atoms with Gasteiger partial charge in [0.15, 0.2) is 6.10 Å². The normalized spacial score (nSPS) is 23.7. The Hall–Kier alpha value is -1.36. The molecule has 1 unspecified atom stereocenters. The number of ether oxygens (including phenoxy) is 2. The Morgan fingerprint density at radius 3 is 3.00 bits per heavy atom. The summed E-state index contributed by atoms with van der Waals surface area (Å²) in [5.41, 5.74) is 1.23. The van der Waals surface area contributed by atoms with E-state index < -0.39 is 12.1 Å². The summed E-state index contributed by atoms with van der Waals surface area (Å²) < 4.78 is 9.97. The number of amides is 1. The molecule has 1 saturated heterocycles. The van der Waals surface area contributed by atoms with Gasteiger partial charge in [-0.05, 0) is 25.7 Å². The number of nitrogens with zero attached hydrogens (tertiary/aromatic N) is 1. The zero-order valence-electron chi connectivity index (χ0n) is 11.4. The van der Waals surface area contributed by atoms with E-state index in [0.717, 1.165) is 12.8 Å². The largest absolute Gasteiger partial charge is 0.467 e. The van der Waals surface area contributed by atoms with Gasteiger partial charge in [0.1, 0.15) is 0 Å². The Morgan fingerprint density at radius 1 is 1.47 bits per heavy atom. The van der Waals surface area contributed by atoms with Crippen LogP contribution in [0.4, 0.5) is 0 Å². The van der Waals surface area contributed by atoms with Gasteiger partial charge in [0.2, 0.25) is 5.91 Å². The van der Waals surface area contributed by atoms with Gasteiger partial charge in [0, 0.05) is 13.0 Å². The first-order valence-corrected chi connectivity index (χ1v) is 6.86. The molecule has 1 atom stereocenters. The summed E-state index contributed by atoms with van der Waals surface area (Å²) in [6, 6.07) is 0. The van der Waals surface area contributed by atoms with E-state index in [1.54, 1.807) is 4.90 Å². The second-order valence-corrected chi connectivity index (χ2v) is 5.01. The van der Waals surface area contributed by atoms with Crippen LogP contribution in [0.5, 0.6) is 0 Å². The number of methoxy groups -OCH3 is 1. The Kier molecular flexibility index (Phi) is 4.96. The van der Waals surface area contributed by atoms with Crippen molar-refractivity contribution in [2.45, 2.75) is 38.2 Å². The van der Waals surface area contributed by atoms with Crippen molar-refractivity contribution in [3.63, 3.8) is 0 Å². The number of rotatable bonds is 3. The molecule has 5 heteroatoms. The van der Waals surface area contributed by atoms with Crippen LogP contribution in [0.25, 0.3) is 0 Å². The first-order chi connectivity index (χ1) is 9.20. The van der Waals surface area contributed by atoms with E-state index in [0.29, 0.717) is 26.1 Å². The van der Waals surface area contributed by atoms with Crippen LogP contribution in [0.3, 0.4) is 0 Å². The summed E-state index contributed by atoms with van der Waals surface area (Å²) in [6.07, 6.45) is 6.52. The monoisotopic (exact) mass is 267 g/mol. The second kappa shape index (κ2) is 6.70. The minimum Gasteiger partial charge on any atom is -0.467 e. The topological polar surface area (TPSA) is 55.8 Å². The van der Waals surface area contributed by atoms with Crippen molar-refractivity contribution < 1.29 is 19.1 Å². The fourth-order valence-electron chi connectivity index (χ4n) is 2.52. The van der Waals surface area contributed by atoms with Crippen molar-refractivity contribution in [3.05, 3.63) is 11.6 Å². The molecule has 0 radical (unpaired) electrons. The van der Waals surface area contributed by atoms with E-state index in [9.17, 15) is 9.59 Å². The quantitative estimate of drug-likeness (QED) is 0.571. The number of carbonyl (C=O) groups is 2. The van der Waals surface area contributed by atoms with E-state index >= 15 is 0 Å². The first kappa shape index (κ1) is 14.1. The lowest BCUT2D eigenvalue weighted by Crippen LogP contribution is -2.48. The lowest BCUT2D eigenvalue weighted by molar-refractivity contribution is -0.162. The number of morpholine rings is 1. The van der Waals surface area contributed by atoms with Crippen LogP contribution >= 0.6 is 0 Å². The third-order valence-corrected chi connectivity index (χ3v) is 3.65. The van der Waals surface area contributed by atoms with Crippen molar-refractivity contribution >= 4 is 11.9 Å². The molecule has 0 bridgehead atoms. The van der Waals surface area contributed by atoms with E-state index in [-0.39, 0.29) is 5.91 Å². The molecule has 0 spiro atoms. The van der Waals surface area contributed by atoms with E-state index in [4.69, 9.17) is 4.74 Å². The fourth-order valence-corrected chi connectivity index (χ4v) is 2.52. The number of carbonyl (C=O) groups excluding carboxylic acids is 2. The van der Waals surface area contributed by atoms with Crippen LogP contribution in [0.1, 0.15) is 32.1 Å². The third kappa shape index (κ3) is 3.80. The maximum Gasteiger partial charge on any atom is 0.336 e. The average Bonchev–Trinajstić information content (AvgIpc) is 2.47. The molecule has 0 aromatic rings. The van der Waals surface area contributed by atoms with Gasteiger partial charge in [-0.2, -0.15) is 0 Å². The Labute approximate surface area is 113 Å². The Morgan fingerprint density at radius 2 is 2.32 bits per heavy atom. The minimum absolute atomic E-state index is 0.0883. The lowest BCUT2D eigenvalue weighted by Gasteiger charge is -2.32. The first-order valence-electron chi connectivity index (χ1n) is 6.86. The maximum atomic E-state index is 12.2. The minimum atomic E-state index is -0.636. The Balaban J connectivity index is 1.88. The van der Waals surface area contributed by atoms with Gasteiger partial charge in [0.05, 0.1) is 20.3 Å². The highest BCUT2D eigenvalue weighted by atomic mass is 16.6. The summed E-state index contributed by atoms with van der Waals surface area (Å²) in [6.45, 7) is 1.25. The third-order valence-electron chi connectivity index (χ3n) is 3.65. The van der Waals surface area contributed by atoms with Gasteiger partial charge in [-0.1, -0.05) is 11.6 Å². The highest BCUT2D eigenvalue weighted by molar-refractivity contribution is 5.81. The molecular formula is C14H21NO4. The van der Waals surface area contributed by atoms with Crippen molar-refractivity contribution in [2.75, 3.05) is 26.8 Å². The summed E-state index contributed by atoms with van der Waals surface area (Å²) in [5, 5.41) is 0. The highest BCUT2D eigenvalue weighted by Gasteiger charge is 2.30. The highest BCUT2D eigenvalue weighted by Crippen LogP contribution is 2.21. The van der Waals surface area contributed by atoms with Crippen molar-refractivity contribution in [1.82, 2.24) is 4.90 Å². The maximum absolute atomic E-state index is 12.2. The summed E-state index contributed by atoms with van der Waals surface area (Å²) in [5.74, 6) is -0.320. The van der Waals surface area contributed by atoms with Gasteiger partial charge in [-0.25, -0.2) is 4.79 Å². The molecule has 5 nitrogen and oxygen atoms in total. The fraction of sp³-hybridized carbons (Fsp3) is 0.714. The van der Waals surface area contributed by atoms with Gasteiger partial charge in [-0.3, -0.25) is 4.79 Å². The SMILES string of the molecule is COC(=O)C1CN(C(=O)CC2=CCCCC2)CCO1. The van der Waals surface area contributed by atoms with Crippen LogP contribution < -0.4 is 0 Å². The molecule has 1 amide bonds. The van der Waals surface area contributed by atoms with Gasteiger partial charge in [-0.15, -0.1) is 0 Å². The number of esters is 1. The molecule has 1 aliphatic heterocycles. The molecule has 0 aromatic carbocycles. The van der Waals surface area contributed by atoms with Gasteiger partial charge in [0.25, 0.3) is 0 Å². The zero-order chi connectivity index (χ0) is 13.7. The molecule has 1 fully saturated rings. The smallest absolute Gasteiger partial charge is 0.336 e. The summed E-state index contributed by atoms with van der Waals surface area (Å²) in [4.78, 5) is 25.3. The summed E-state index contributed by atoms with van der Waals surface area (Å²) >= 11 is 0. The van der Waals surface area contributed by atoms with Crippen molar-refractivity contribution in [2.24, 2.45) is 0 Å². The predicted molar refractivity (Wildman–Crippen MR) is 69.5 cm³/mol. The number of hydrogen-bond acceptors (Lipinski definition) is 4. The molecule has 0 aromatic heterocycles. The number of hydrogen-bond donors (Lipinski definition) is 0. The molecule has 19 heavy (non-hydrogen) atoms. The molecule has 1 heterocycles. The van der Waals surface area contributed by atoms with Crippen molar-refractivity contribution in [3.8, 4) is 0 Å². The molecule has 2 aliphatic rings. The Bertz CT molecular complexity index is 378. The predicted octanol–water partition coefficient (Wildman–Crippen LogP) is 1.28. The van der Waals surface area contributed by atoms with Crippen LogP contribution in [0.2, 0.25) is 0 Å². The van der Waals surface area contributed by atoms with E-state index in [2.05, 4.69) is 10.8 Å². The molecule has 0 N–H and O–H groups in total. The van der Waals surface area contributed by atoms with Crippen LogP contribution in [-0.2, 0) is 19.1 Å². The molecular weight excluding hydrogens is 246 g/mol. The van der Waals surface area contributed by atoms with Crippen LogP contribution in [-0.4, -0.2) is 49.7 Å². The van der Waals surface area contributed by atoms with E-state index in [1.165, 1.54) is 25.5 Å². The summed E-state index contributed by atoms with van der Waals surface area (Å²) in [7, 11) is 1.33. The molecule has 1 aliphatic carbocycles. The van der Waals surface area contributed by atoms with Gasteiger partial charge < -0.3 is 14.4 Å². The average molecular weight is 267 g/mol. The van der Waals surface area contributed by atoms with E-state index in [1.807, 2.05) is 0 Å². The number of allylic oxidation sites excluding steroid dienone is 1. The molecule has 2 rings (SSSR count). The standard InChI is InChI=1S/C14H21NO4/c1-18-14(17)12-10-15(7-8-19-12)13(16)9-11-5-3-2-4-6-11/h5,12H,2-4,6-10H2,1H3. The zero-order valence-corrected chi connectivity index (χ0v) is 11.4. The van der Waals surface area contributed by atoms with Crippen LogP contribution in [0.15, 0.2) is 11.6 Å².